The summed E-state index contributed by atoms with van der Waals surface area (Å²) in [5.74, 6) is 0.293. The van der Waals surface area contributed by atoms with E-state index in [4.69, 9.17) is 0 Å². The minimum absolute atomic E-state index is 0.293. The van der Waals surface area contributed by atoms with E-state index in [9.17, 15) is 4.79 Å². The average molecular weight is 239 g/mol. The Morgan fingerprint density at radius 2 is 2.24 bits per heavy atom. The van der Waals surface area contributed by atoms with E-state index in [0.29, 0.717) is 18.0 Å². The molecule has 3 unspecified atom stereocenters. The molecule has 1 N–H and O–H groups in total. The van der Waals surface area contributed by atoms with Gasteiger partial charge in [-0.25, -0.2) is 0 Å². The molecule has 0 aliphatic carbocycles. The number of amides is 1. The van der Waals surface area contributed by atoms with Crippen LogP contribution in [0.5, 0.6) is 0 Å². The molecule has 2 fully saturated rings. The summed E-state index contributed by atoms with van der Waals surface area (Å²) in [5.41, 5.74) is -0.327. The SMILES string of the molecule is CCC1(C)NCN(C2CCN(C)C(C)C2)C1=O. The van der Waals surface area contributed by atoms with Crippen molar-refractivity contribution in [1.29, 1.82) is 0 Å². The molecule has 2 rings (SSSR count). The summed E-state index contributed by atoms with van der Waals surface area (Å²) < 4.78 is 0. The number of nitrogens with one attached hydrogen (secondary N) is 1. The first kappa shape index (κ1) is 12.8. The van der Waals surface area contributed by atoms with E-state index in [0.717, 1.165) is 32.5 Å². The molecule has 0 bridgehead atoms. The van der Waals surface area contributed by atoms with Gasteiger partial charge in [-0.3, -0.25) is 10.1 Å². The molecule has 0 spiro atoms. The second-order valence-electron chi connectivity index (χ2n) is 5.80. The van der Waals surface area contributed by atoms with Crippen LogP contribution in [0.1, 0.15) is 40.0 Å². The number of likely N-dealkylation sites (tertiary alicyclic amines) is 1. The highest BCUT2D eigenvalue weighted by molar-refractivity contribution is 5.88. The quantitative estimate of drug-likeness (QED) is 0.782. The van der Waals surface area contributed by atoms with Crippen LogP contribution in [-0.4, -0.2) is 53.6 Å². The van der Waals surface area contributed by atoms with Crippen LogP contribution in [0.25, 0.3) is 0 Å². The van der Waals surface area contributed by atoms with Crippen LogP contribution in [-0.2, 0) is 4.79 Å². The van der Waals surface area contributed by atoms with Gasteiger partial charge in [-0.15, -0.1) is 0 Å². The Balaban J connectivity index is 2.03. The highest BCUT2D eigenvalue weighted by Gasteiger charge is 2.44. The maximum atomic E-state index is 12.4. The van der Waals surface area contributed by atoms with Crippen molar-refractivity contribution in [2.24, 2.45) is 0 Å². The summed E-state index contributed by atoms with van der Waals surface area (Å²) >= 11 is 0. The second-order valence-corrected chi connectivity index (χ2v) is 5.80. The molecule has 4 heteroatoms. The highest BCUT2D eigenvalue weighted by atomic mass is 16.2. The van der Waals surface area contributed by atoms with Gasteiger partial charge in [0.1, 0.15) is 0 Å². The van der Waals surface area contributed by atoms with Crippen molar-refractivity contribution in [3.63, 3.8) is 0 Å². The topological polar surface area (TPSA) is 35.6 Å². The molecule has 2 heterocycles. The van der Waals surface area contributed by atoms with Crippen molar-refractivity contribution < 1.29 is 4.79 Å². The number of carbonyl (C=O) groups excluding carboxylic acids is 1. The third-order valence-electron chi connectivity index (χ3n) is 4.70. The lowest BCUT2D eigenvalue weighted by Crippen LogP contribution is -2.50. The summed E-state index contributed by atoms with van der Waals surface area (Å²) in [4.78, 5) is 16.8. The van der Waals surface area contributed by atoms with Crippen LogP contribution in [0, 0.1) is 0 Å². The number of piperidine rings is 1. The minimum atomic E-state index is -0.327. The van der Waals surface area contributed by atoms with Crippen molar-refractivity contribution in [3.8, 4) is 0 Å². The van der Waals surface area contributed by atoms with Gasteiger partial charge in [0, 0.05) is 18.6 Å². The number of hydrogen-bond acceptors (Lipinski definition) is 3. The van der Waals surface area contributed by atoms with Gasteiger partial charge in [0.25, 0.3) is 0 Å². The number of carbonyl (C=O) groups is 1. The second kappa shape index (κ2) is 4.58. The van der Waals surface area contributed by atoms with E-state index in [1.807, 2.05) is 6.92 Å². The average Bonchev–Trinajstić information content (AvgIpc) is 2.61. The smallest absolute Gasteiger partial charge is 0.243 e. The Labute approximate surface area is 104 Å². The van der Waals surface area contributed by atoms with Crippen molar-refractivity contribution in [1.82, 2.24) is 15.1 Å². The first-order valence-electron chi connectivity index (χ1n) is 6.74. The molecular formula is C13H25N3O. The fourth-order valence-electron chi connectivity index (χ4n) is 2.84. The maximum absolute atomic E-state index is 12.4. The highest BCUT2D eigenvalue weighted by Crippen LogP contribution is 2.27. The summed E-state index contributed by atoms with van der Waals surface area (Å²) in [5, 5.41) is 3.37. The van der Waals surface area contributed by atoms with Gasteiger partial charge in [-0.1, -0.05) is 6.92 Å². The van der Waals surface area contributed by atoms with E-state index >= 15 is 0 Å². The zero-order valence-corrected chi connectivity index (χ0v) is 11.5. The van der Waals surface area contributed by atoms with E-state index in [-0.39, 0.29) is 5.54 Å². The van der Waals surface area contributed by atoms with Gasteiger partial charge in [0.15, 0.2) is 0 Å². The molecule has 4 nitrogen and oxygen atoms in total. The molecule has 98 valence electrons. The molecule has 3 atom stereocenters. The molecule has 2 saturated heterocycles. The molecule has 17 heavy (non-hydrogen) atoms. The van der Waals surface area contributed by atoms with Gasteiger partial charge in [0.2, 0.25) is 5.91 Å². The van der Waals surface area contributed by atoms with Gasteiger partial charge in [-0.05, 0) is 40.2 Å². The number of rotatable bonds is 2. The van der Waals surface area contributed by atoms with E-state index in [1.165, 1.54) is 0 Å². The third-order valence-corrected chi connectivity index (χ3v) is 4.70. The largest absolute Gasteiger partial charge is 0.325 e. The maximum Gasteiger partial charge on any atom is 0.243 e. The normalized spacial score (nSPS) is 40.0. The molecular weight excluding hydrogens is 214 g/mol. The fraction of sp³-hybridized carbons (Fsp3) is 0.923. The van der Waals surface area contributed by atoms with E-state index in [2.05, 4.69) is 36.0 Å². The Kier molecular flexibility index (Phi) is 3.46. The molecule has 0 aromatic heterocycles. The minimum Gasteiger partial charge on any atom is -0.325 e. The predicted octanol–water partition coefficient (Wildman–Crippen LogP) is 1.03. The van der Waals surface area contributed by atoms with Gasteiger partial charge >= 0.3 is 0 Å². The van der Waals surface area contributed by atoms with Crippen LogP contribution < -0.4 is 5.32 Å². The third kappa shape index (κ3) is 2.20. The number of hydrogen-bond donors (Lipinski definition) is 1. The summed E-state index contributed by atoms with van der Waals surface area (Å²) in [7, 11) is 2.17. The predicted molar refractivity (Wildman–Crippen MR) is 68.7 cm³/mol. The molecule has 2 aliphatic rings. The Morgan fingerprint density at radius 3 is 2.76 bits per heavy atom. The summed E-state index contributed by atoms with van der Waals surface area (Å²) in [6.45, 7) is 8.17. The van der Waals surface area contributed by atoms with Crippen LogP contribution >= 0.6 is 0 Å². The van der Waals surface area contributed by atoms with E-state index < -0.39 is 0 Å². The molecule has 0 radical (unpaired) electrons. The zero-order chi connectivity index (χ0) is 12.6. The van der Waals surface area contributed by atoms with Crippen LogP contribution in [0.2, 0.25) is 0 Å². The first-order valence-corrected chi connectivity index (χ1v) is 6.74. The van der Waals surface area contributed by atoms with Crippen molar-refractivity contribution >= 4 is 5.91 Å². The van der Waals surface area contributed by atoms with Gasteiger partial charge < -0.3 is 9.80 Å². The summed E-state index contributed by atoms with van der Waals surface area (Å²) in [6, 6.07) is 1.00. The molecule has 0 aromatic rings. The van der Waals surface area contributed by atoms with Crippen molar-refractivity contribution in [3.05, 3.63) is 0 Å². The lowest BCUT2D eigenvalue weighted by Gasteiger charge is -2.39. The molecule has 0 saturated carbocycles. The Hall–Kier alpha value is -0.610. The van der Waals surface area contributed by atoms with Crippen LogP contribution in [0.4, 0.5) is 0 Å². The van der Waals surface area contributed by atoms with Crippen molar-refractivity contribution in [2.75, 3.05) is 20.3 Å². The molecule has 2 aliphatic heterocycles. The van der Waals surface area contributed by atoms with Crippen molar-refractivity contribution in [2.45, 2.75) is 57.7 Å². The van der Waals surface area contributed by atoms with Gasteiger partial charge in [0.05, 0.1) is 12.2 Å². The fourth-order valence-corrected chi connectivity index (χ4v) is 2.84. The zero-order valence-electron chi connectivity index (χ0n) is 11.5. The van der Waals surface area contributed by atoms with Crippen LogP contribution in [0.3, 0.4) is 0 Å². The monoisotopic (exact) mass is 239 g/mol. The Bertz CT molecular complexity index is 307. The standard InChI is InChI=1S/C13H25N3O/c1-5-13(3)12(17)16(9-14-13)11-6-7-15(4)10(2)8-11/h10-11,14H,5-9H2,1-4H3. The summed E-state index contributed by atoms with van der Waals surface area (Å²) in [6.07, 6.45) is 3.07. The van der Waals surface area contributed by atoms with Crippen LogP contribution in [0.15, 0.2) is 0 Å². The van der Waals surface area contributed by atoms with E-state index in [1.54, 1.807) is 0 Å². The first-order chi connectivity index (χ1) is 7.98. The lowest BCUT2D eigenvalue weighted by atomic mass is 9.95. The Morgan fingerprint density at radius 1 is 1.53 bits per heavy atom. The lowest BCUT2D eigenvalue weighted by molar-refractivity contribution is -0.135. The van der Waals surface area contributed by atoms with Gasteiger partial charge in [-0.2, -0.15) is 0 Å². The molecule has 1 amide bonds. The molecule has 0 aromatic carbocycles. The number of nitrogens with zero attached hydrogens (tertiary/aromatic N) is 2.